The summed E-state index contributed by atoms with van der Waals surface area (Å²) in [5.41, 5.74) is 0.617. The fourth-order valence-electron chi connectivity index (χ4n) is 2.67. The standard InChI is InChI=1S/C19H25FSi/c1-19(2,3)18(20)17(21(4,5)6)16-13-9-11-14-10-7-8-12-15(14)16/h7-13H,1-6H3/b18-17-. The maximum absolute atomic E-state index is 15.2. The first-order valence-corrected chi connectivity index (χ1v) is 11.0. The van der Waals surface area contributed by atoms with Crippen LogP contribution in [-0.4, -0.2) is 8.07 Å². The van der Waals surface area contributed by atoms with Gasteiger partial charge < -0.3 is 0 Å². The van der Waals surface area contributed by atoms with Crippen LogP contribution in [0.15, 0.2) is 48.3 Å². The van der Waals surface area contributed by atoms with E-state index in [1.807, 2.05) is 39.0 Å². The monoisotopic (exact) mass is 300 g/mol. The third-order valence-electron chi connectivity index (χ3n) is 3.69. The third-order valence-corrected chi connectivity index (χ3v) is 5.68. The molecular formula is C19H25FSi. The van der Waals surface area contributed by atoms with Gasteiger partial charge in [0, 0.05) is 5.41 Å². The predicted molar refractivity (Wildman–Crippen MR) is 94.8 cm³/mol. The first-order valence-electron chi connectivity index (χ1n) is 7.51. The molecule has 0 aliphatic carbocycles. The molecule has 2 heteroatoms. The summed E-state index contributed by atoms with van der Waals surface area (Å²) < 4.78 is 15.2. The number of allylic oxidation sites excluding steroid dienone is 1. The minimum absolute atomic E-state index is 0.0398. The summed E-state index contributed by atoms with van der Waals surface area (Å²) in [5.74, 6) is 0.0398. The van der Waals surface area contributed by atoms with Crippen molar-refractivity contribution in [2.75, 3.05) is 0 Å². The van der Waals surface area contributed by atoms with Crippen LogP contribution >= 0.6 is 0 Å². The highest BCUT2D eigenvalue weighted by molar-refractivity contribution is 6.94. The Hall–Kier alpha value is -1.41. The van der Waals surface area contributed by atoms with E-state index in [1.165, 1.54) is 5.39 Å². The quantitative estimate of drug-likeness (QED) is 0.559. The van der Waals surface area contributed by atoms with Gasteiger partial charge in [0.2, 0.25) is 0 Å². The normalized spacial score (nSPS) is 14.2. The lowest BCUT2D eigenvalue weighted by Crippen LogP contribution is -2.26. The zero-order valence-corrected chi connectivity index (χ0v) is 14.9. The van der Waals surface area contributed by atoms with Crippen LogP contribution in [0.3, 0.4) is 0 Å². The summed E-state index contributed by atoms with van der Waals surface area (Å²) in [6, 6.07) is 14.5. The van der Waals surface area contributed by atoms with Crippen molar-refractivity contribution in [2.24, 2.45) is 5.41 Å². The summed E-state index contributed by atoms with van der Waals surface area (Å²) >= 11 is 0. The van der Waals surface area contributed by atoms with Gasteiger partial charge in [0.05, 0.1) is 8.07 Å². The molecular weight excluding hydrogens is 275 g/mol. The zero-order valence-electron chi connectivity index (χ0n) is 13.9. The van der Waals surface area contributed by atoms with Crippen molar-refractivity contribution >= 4 is 24.0 Å². The average molecular weight is 300 g/mol. The molecule has 112 valence electrons. The minimum Gasteiger partial charge on any atom is -0.211 e. The van der Waals surface area contributed by atoms with E-state index in [0.29, 0.717) is 0 Å². The summed E-state index contributed by atoms with van der Waals surface area (Å²) in [4.78, 5) is 0. The van der Waals surface area contributed by atoms with Crippen LogP contribution < -0.4 is 0 Å². The Kier molecular flexibility index (Phi) is 4.12. The van der Waals surface area contributed by atoms with Gasteiger partial charge in [-0.15, -0.1) is 0 Å². The Morgan fingerprint density at radius 1 is 0.905 bits per heavy atom. The molecule has 0 saturated carbocycles. The van der Waals surface area contributed by atoms with E-state index in [0.717, 1.165) is 16.1 Å². The van der Waals surface area contributed by atoms with E-state index in [-0.39, 0.29) is 5.83 Å². The molecule has 0 aliphatic heterocycles. The van der Waals surface area contributed by atoms with Crippen LogP contribution in [0.25, 0.3) is 16.0 Å². The van der Waals surface area contributed by atoms with E-state index in [4.69, 9.17) is 0 Å². The molecule has 0 spiro atoms. The maximum Gasteiger partial charge on any atom is 0.105 e. The molecule has 2 aromatic carbocycles. The molecule has 0 aliphatic rings. The second-order valence-corrected chi connectivity index (χ2v) is 12.7. The second-order valence-electron chi connectivity index (χ2n) is 7.72. The van der Waals surface area contributed by atoms with Crippen molar-refractivity contribution in [3.8, 4) is 0 Å². The van der Waals surface area contributed by atoms with Crippen LogP contribution in [-0.2, 0) is 0 Å². The molecule has 2 aromatic rings. The largest absolute Gasteiger partial charge is 0.211 e. The molecule has 0 bridgehead atoms. The topological polar surface area (TPSA) is 0 Å². The van der Waals surface area contributed by atoms with Crippen molar-refractivity contribution < 1.29 is 4.39 Å². The maximum atomic E-state index is 15.2. The molecule has 0 saturated heterocycles. The smallest absolute Gasteiger partial charge is 0.105 e. The number of hydrogen-bond donors (Lipinski definition) is 0. The van der Waals surface area contributed by atoms with Gasteiger partial charge in [0.15, 0.2) is 0 Å². The summed E-state index contributed by atoms with van der Waals surface area (Å²) in [5, 5.41) is 3.27. The first kappa shape index (κ1) is 16.0. The molecule has 0 amide bonds. The van der Waals surface area contributed by atoms with Crippen LogP contribution in [0.5, 0.6) is 0 Å². The molecule has 0 nitrogen and oxygen atoms in total. The van der Waals surface area contributed by atoms with E-state index in [1.54, 1.807) is 0 Å². The molecule has 0 radical (unpaired) electrons. The van der Waals surface area contributed by atoms with Crippen LogP contribution in [0.4, 0.5) is 4.39 Å². The van der Waals surface area contributed by atoms with Crippen molar-refractivity contribution in [3.05, 3.63) is 53.9 Å². The molecule has 2 rings (SSSR count). The molecule has 21 heavy (non-hydrogen) atoms. The summed E-state index contributed by atoms with van der Waals surface area (Å²) in [6.45, 7) is 12.5. The fraction of sp³-hybridized carbons (Fsp3) is 0.368. The van der Waals surface area contributed by atoms with Gasteiger partial charge in [0.1, 0.15) is 5.83 Å². The molecule has 0 fully saturated rings. The van der Waals surface area contributed by atoms with Gasteiger partial charge in [-0.05, 0) is 21.5 Å². The highest BCUT2D eigenvalue weighted by Crippen LogP contribution is 2.40. The molecule has 0 N–H and O–H groups in total. The number of halogens is 1. The van der Waals surface area contributed by atoms with Crippen LogP contribution in [0, 0.1) is 5.41 Å². The third kappa shape index (κ3) is 3.26. The van der Waals surface area contributed by atoms with Crippen molar-refractivity contribution in [1.29, 1.82) is 0 Å². The highest BCUT2D eigenvalue weighted by atomic mass is 28.3. The Bertz CT molecular complexity index is 679. The Morgan fingerprint density at radius 2 is 1.48 bits per heavy atom. The lowest BCUT2D eigenvalue weighted by molar-refractivity contribution is 0.387. The predicted octanol–water partition coefficient (Wildman–Crippen LogP) is 6.44. The number of fused-ring (bicyclic) bond motifs is 1. The van der Waals surface area contributed by atoms with E-state index in [9.17, 15) is 0 Å². The van der Waals surface area contributed by atoms with Crippen LogP contribution in [0.1, 0.15) is 26.3 Å². The lowest BCUT2D eigenvalue weighted by atomic mass is 9.92. The fourth-order valence-corrected chi connectivity index (χ4v) is 4.73. The van der Waals surface area contributed by atoms with Gasteiger partial charge in [-0.3, -0.25) is 0 Å². The van der Waals surface area contributed by atoms with E-state index in [2.05, 4.69) is 43.9 Å². The average Bonchev–Trinajstić information content (AvgIpc) is 2.36. The van der Waals surface area contributed by atoms with E-state index >= 15 is 4.39 Å². The van der Waals surface area contributed by atoms with E-state index < -0.39 is 13.5 Å². The highest BCUT2D eigenvalue weighted by Gasteiger charge is 2.31. The van der Waals surface area contributed by atoms with Crippen molar-refractivity contribution in [1.82, 2.24) is 0 Å². The minimum atomic E-state index is -1.81. The second kappa shape index (κ2) is 5.41. The lowest BCUT2D eigenvalue weighted by Gasteiger charge is -2.28. The number of rotatable bonds is 2. The Labute approximate surface area is 128 Å². The molecule has 0 atom stereocenters. The molecule has 0 unspecified atom stereocenters. The number of hydrogen-bond acceptors (Lipinski definition) is 0. The van der Waals surface area contributed by atoms with Crippen molar-refractivity contribution in [2.45, 2.75) is 40.4 Å². The Morgan fingerprint density at radius 3 is 2.05 bits per heavy atom. The molecule has 0 aromatic heterocycles. The zero-order chi connectivity index (χ0) is 15.8. The Balaban J connectivity index is 2.85. The first-order chi connectivity index (χ1) is 9.62. The van der Waals surface area contributed by atoms with Gasteiger partial charge in [-0.1, -0.05) is 82.9 Å². The van der Waals surface area contributed by atoms with Crippen molar-refractivity contribution in [3.63, 3.8) is 0 Å². The summed E-state index contributed by atoms with van der Waals surface area (Å²) in [6.07, 6.45) is 0. The van der Waals surface area contributed by atoms with Gasteiger partial charge >= 0.3 is 0 Å². The molecule has 0 heterocycles. The van der Waals surface area contributed by atoms with Gasteiger partial charge in [0.25, 0.3) is 0 Å². The van der Waals surface area contributed by atoms with Crippen LogP contribution in [0.2, 0.25) is 19.6 Å². The van der Waals surface area contributed by atoms with Gasteiger partial charge in [-0.2, -0.15) is 0 Å². The number of benzene rings is 2. The van der Waals surface area contributed by atoms with Gasteiger partial charge in [-0.25, -0.2) is 4.39 Å². The SMILES string of the molecule is CC(C)(C)/C(F)=C(\c1cccc2ccccc12)[Si](C)(C)C. The summed E-state index contributed by atoms with van der Waals surface area (Å²) in [7, 11) is -1.81.